The molecule has 0 amide bonds. The van der Waals surface area contributed by atoms with Crippen LogP contribution >= 0.6 is 11.6 Å². The topological polar surface area (TPSA) is 78.8 Å². The first kappa shape index (κ1) is 19.4. The highest BCUT2D eigenvalue weighted by atomic mass is 35.5. The van der Waals surface area contributed by atoms with Crippen LogP contribution in [0.1, 0.15) is 22.5 Å². The zero-order valence-electron chi connectivity index (χ0n) is 15.8. The maximum atomic E-state index is 12.3. The molecule has 1 heterocycles. The molecule has 0 aliphatic heterocycles. The summed E-state index contributed by atoms with van der Waals surface area (Å²) in [6.45, 7) is 0.343. The monoisotopic (exact) mass is 413 g/mol. The number of aromatic nitrogens is 2. The van der Waals surface area contributed by atoms with Gasteiger partial charge in [-0.25, -0.2) is 4.98 Å². The van der Waals surface area contributed by atoms with Crippen molar-refractivity contribution in [1.82, 2.24) is 9.97 Å². The van der Waals surface area contributed by atoms with Crippen molar-refractivity contribution in [2.75, 3.05) is 0 Å². The molecule has 1 N–H and O–H groups in total. The third kappa shape index (κ3) is 4.40. The van der Waals surface area contributed by atoms with E-state index in [1.807, 2.05) is 42.5 Å². The Labute approximate surface area is 177 Å². The first-order valence-corrected chi connectivity index (χ1v) is 9.59. The number of nitrogens with one attached hydrogen (secondary N) is 1. The molecule has 1 aromatic heterocycles. The highest BCUT2D eigenvalue weighted by molar-refractivity contribution is 6.50. The lowest BCUT2D eigenvalue weighted by Crippen LogP contribution is -2.10. The zero-order chi connectivity index (χ0) is 20.9. The van der Waals surface area contributed by atoms with E-state index in [-0.39, 0.29) is 5.56 Å². The van der Waals surface area contributed by atoms with Crippen LogP contribution < -0.4 is 10.3 Å². The van der Waals surface area contributed by atoms with Gasteiger partial charge in [-0.2, -0.15) is 5.26 Å². The normalized spacial score (nSPS) is 11.3. The molecule has 5 nitrogen and oxygen atoms in total. The molecule has 0 spiro atoms. The maximum absolute atomic E-state index is 12.3. The number of halogens is 1. The maximum Gasteiger partial charge on any atom is 0.259 e. The van der Waals surface area contributed by atoms with E-state index in [0.29, 0.717) is 39.7 Å². The Morgan fingerprint density at radius 3 is 2.80 bits per heavy atom. The fourth-order valence-electron chi connectivity index (χ4n) is 3.01. The van der Waals surface area contributed by atoms with Gasteiger partial charge in [-0.3, -0.25) is 4.79 Å². The van der Waals surface area contributed by atoms with Crippen molar-refractivity contribution in [3.8, 4) is 11.8 Å². The Hall–Kier alpha value is -3.88. The van der Waals surface area contributed by atoms with Gasteiger partial charge in [0.1, 0.15) is 12.4 Å². The van der Waals surface area contributed by atoms with E-state index in [0.717, 1.165) is 11.1 Å². The van der Waals surface area contributed by atoms with E-state index in [4.69, 9.17) is 21.6 Å². The number of aromatic amines is 1. The molecule has 0 fully saturated rings. The molecule has 0 aliphatic carbocycles. The number of rotatable bonds is 5. The largest absolute Gasteiger partial charge is 0.489 e. The fourth-order valence-corrected chi connectivity index (χ4v) is 3.22. The highest BCUT2D eigenvalue weighted by Gasteiger charge is 2.07. The second-order valence-electron chi connectivity index (χ2n) is 6.60. The SMILES string of the molecule is N#Cc1cccc(COc2cccc(/C=C(/Cl)c3nc4ccccc4c(=O)[nH]3)c2)c1. The average molecular weight is 414 g/mol. The zero-order valence-corrected chi connectivity index (χ0v) is 16.6. The molecule has 146 valence electrons. The molecule has 0 saturated carbocycles. The number of H-pyrrole nitrogens is 1. The van der Waals surface area contributed by atoms with Gasteiger partial charge in [0.15, 0.2) is 5.82 Å². The lowest BCUT2D eigenvalue weighted by Gasteiger charge is -2.08. The van der Waals surface area contributed by atoms with Crippen molar-refractivity contribution in [3.63, 3.8) is 0 Å². The molecule has 0 bridgehead atoms. The standard InChI is InChI=1S/C24H16ClN3O2/c25-21(23-27-22-10-2-1-9-20(22)24(29)28-23)13-16-5-4-8-19(12-16)30-15-18-7-3-6-17(11-18)14-26/h1-13H,15H2,(H,27,28,29)/b21-13+. The van der Waals surface area contributed by atoms with Crippen molar-refractivity contribution in [1.29, 1.82) is 5.26 Å². The Morgan fingerprint density at radius 1 is 1.10 bits per heavy atom. The molecular formula is C24H16ClN3O2. The van der Waals surface area contributed by atoms with E-state index in [1.165, 1.54) is 0 Å². The van der Waals surface area contributed by atoms with Crippen LogP contribution in [0, 0.1) is 11.3 Å². The Bertz CT molecular complexity index is 1350. The lowest BCUT2D eigenvalue weighted by molar-refractivity contribution is 0.306. The number of nitriles is 1. The summed E-state index contributed by atoms with van der Waals surface area (Å²) in [5, 5.41) is 9.83. The van der Waals surface area contributed by atoms with E-state index >= 15 is 0 Å². The van der Waals surface area contributed by atoms with Crippen LogP contribution in [0.2, 0.25) is 0 Å². The third-order valence-electron chi connectivity index (χ3n) is 4.45. The van der Waals surface area contributed by atoms with Crippen LogP contribution in [0.3, 0.4) is 0 Å². The van der Waals surface area contributed by atoms with Gasteiger partial charge in [-0.05, 0) is 53.6 Å². The van der Waals surface area contributed by atoms with Gasteiger partial charge in [-0.15, -0.1) is 0 Å². The molecule has 4 aromatic rings. The van der Waals surface area contributed by atoms with Crippen LogP contribution in [0.5, 0.6) is 5.75 Å². The molecule has 0 radical (unpaired) electrons. The summed E-state index contributed by atoms with van der Waals surface area (Å²) in [5.41, 5.74) is 2.65. The second-order valence-corrected chi connectivity index (χ2v) is 7.00. The first-order valence-electron chi connectivity index (χ1n) is 9.21. The molecule has 30 heavy (non-hydrogen) atoms. The molecule has 0 aliphatic rings. The predicted octanol–water partition coefficient (Wildman–Crippen LogP) is 5.11. The van der Waals surface area contributed by atoms with E-state index in [2.05, 4.69) is 16.0 Å². The van der Waals surface area contributed by atoms with Crippen LogP contribution in [0.25, 0.3) is 22.0 Å². The van der Waals surface area contributed by atoms with Crippen LogP contribution in [0.4, 0.5) is 0 Å². The van der Waals surface area contributed by atoms with E-state index in [1.54, 1.807) is 36.4 Å². The quantitative estimate of drug-likeness (QED) is 0.493. The summed E-state index contributed by atoms with van der Waals surface area (Å²) >= 11 is 6.43. The minimum absolute atomic E-state index is 0.237. The Balaban J connectivity index is 1.55. The summed E-state index contributed by atoms with van der Waals surface area (Å²) in [7, 11) is 0. The molecule has 3 aromatic carbocycles. The molecule has 4 rings (SSSR count). The van der Waals surface area contributed by atoms with Gasteiger partial charge in [0.25, 0.3) is 5.56 Å². The third-order valence-corrected chi connectivity index (χ3v) is 4.74. The molecule has 0 atom stereocenters. The van der Waals surface area contributed by atoms with Crippen LogP contribution in [0.15, 0.2) is 77.6 Å². The minimum Gasteiger partial charge on any atom is -0.489 e. The number of hydrogen-bond donors (Lipinski definition) is 1. The first-order chi connectivity index (χ1) is 14.6. The van der Waals surface area contributed by atoms with Crippen molar-refractivity contribution in [2.24, 2.45) is 0 Å². The van der Waals surface area contributed by atoms with Crippen LogP contribution in [-0.2, 0) is 6.61 Å². The summed E-state index contributed by atoms with van der Waals surface area (Å²) in [6.07, 6.45) is 1.72. The molecule has 0 saturated heterocycles. The summed E-state index contributed by atoms with van der Waals surface area (Å²) in [6, 6.07) is 23.9. The van der Waals surface area contributed by atoms with Gasteiger partial charge in [0, 0.05) is 0 Å². The van der Waals surface area contributed by atoms with Crippen molar-refractivity contribution < 1.29 is 4.74 Å². The van der Waals surface area contributed by atoms with E-state index in [9.17, 15) is 4.79 Å². The van der Waals surface area contributed by atoms with Crippen molar-refractivity contribution >= 4 is 33.6 Å². The average Bonchev–Trinajstić information content (AvgIpc) is 2.78. The fraction of sp³-hybridized carbons (Fsp3) is 0.0417. The van der Waals surface area contributed by atoms with Gasteiger partial charge in [0.2, 0.25) is 0 Å². The van der Waals surface area contributed by atoms with Gasteiger partial charge >= 0.3 is 0 Å². The smallest absolute Gasteiger partial charge is 0.259 e. The minimum atomic E-state index is -0.237. The predicted molar refractivity (Wildman–Crippen MR) is 118 cm³/mol. The van der Waals surface area contributed by atoms with Crippen molar-refractivity contribution in [3.05, 3.63) is 106 Å². The molecular weight excluding hydrogens is 398 g/mol. The lowest BCUT2D eigenvalue weighted by atomic mass is 10.1. The summed E-state index contributed by atoms with van der Waals surface area (Å²) in [4.78, 5) is 19.4. The summed E-state index contributed by atoms with van der Waals surface area (Å²) < 4.78 is 5.84. The van der Waals surface area contributed by atoms with Gasteiger partial charge in [-0.1, -0.05) is 48.0 Å². The van der Waals surface area contributed by atoms with Crippen LogP contribution in [-0.4, -0.2) is 9.97 Å². The number of para-hydroxylation sites is 1. The highest BCUT2D eigenvalue weighted by Crippen LogP contribution is 2.23. The Kier molecular flexibility index (Phi) is 5.60. The molecule has 0 unspecified atom stereocenters. The number of benzene rings is 3. The Morgan fingerprint density at radius 2 is 1.93 bits per heavy atom. The van der Waals surface area contributed by atoms with E-state index < -0.39 is 0 Å². The number of nitrogens with zero attached hydrogens (tertiary/aromatic N) is 2. The summed E-state index contributed by atoms with van der Waals surface area (Å²) in [5.74, 6) is 0.968. The van der Waals surface area contributed by atoms with Crippen molar-refractivity contribution in [2.45, 2.75) is 6.61 Å². The number of fused-ring (bicyclic) bond motifs is 1. The second kappa shape index (κ2) is 8.64. The molecule has 6 heteroatoms. The number of hydrogen-bond acceptors (Lipinski definition) is 4. The van der Waals surface area contributed by atoms with Gasteiger partial charge in [0.05, 0.1) is 27.6 Å². The number of ether oxygens (including phenoxy) is 1. The van der Waals surface area contributed by atoms with Gasteiger partial charge < -0.3 is 9.72 Å².